The van der Waals surface area contributed by atoms with Crippen molar-refractivity contribution in [3.8, 4) is 0 Å². The maximum absolute atomic E-state index is 12.0. The number of imidazole rings is 1. The van der Waals surface area contributed by atoms with E-state index in [2.05, 4.69) is 15.3 Å². The first-order chi connectivity index (χ1) is 9.70. The van der Waals surface area contributed by atoms with Gasteiger partial charge in [-0.25, -0.2) is 9.97 Å². The van der Waals surface area contributed by atoms with Crippen LogP contribution in [0.2, 0.25) is 0 Å². The van der Waals surface area contributed by atoms with Crippen LogP contribution in [0.4, 0.5) is 5.82 Å². The number of anilines is 1. The van der Waals surface area contributed by atoms with Crippen molar-refractivity contribution in [3.05, 3.63) is 60.2 Å². The minimum absolute atomic E-state index is 0.119. The second-order valence-corrected chi connectivity index (χ2v) is 4.59. The highest BCUT2D eigenvalue weighted by Crippen LogP contribution is 2.07. The summed E-state index contributed by atoms with van der Waals surface area (Å²) in [6, 6.07) is 11.3. The molecule has 0 aliphatic heterocycles. The van der Waals surface area contributed by atoms with Crippen LogP contribution in [0, 0.1) is 6.92 Å². The molecule has 0 saturated carbocycles. The Balaban J connectivity index is 1.72. The summed E-state index contributed by atoms with van der Waals surface area (Å²) < 4.78 is 1.90. The zero-order valence-corrected chi connectivity index (χ0v) is 11.1. The zero-order chi connectivity index (χ0) is 13.9. The second-order valence-electron chi connectivity index (χ2n) is 4.59. The normalized spacial score (nSPS) is 10.7. The Bertz CT molecular complexity index is 730. The van der Waals surface area contributed by atoms with Crippen molar-refractivity contribution in [1.82, 2.24) is 14.4 Å². The summed E-state index contributed by atoms with van der Waals surface area (Å²) >= 11 is 0. The zero-order valence-electron chi connectivity index (χ0n) is 11.1. The molecule has 100 valence electrons. The van der Waals surface area contributed by atoms with E-state index < -0.39 is 0 Å². The molecule has 0 aliphatic rings. The topological polar surface area (TPSA) is 59.3 Å². The highest BCUT2D eigenvalue weighted by atomic mass is 16.1. The molecule has 0 unspecified atom stereocenters. The molecule has 3 aromatic heterocycles. The van der Waals surface area contributed by atoms with Gasteiger partial charge in [-0.1, -0.05) is 12.1 Å². The number of aryl methyl sites for hydroxylation is 1. The van der Waals surface area contributed by atoms with Crippen LogP contribution < -0.4 is 5.32 Å². The smallest absolute Gasteiger partial charge is 0.231 e. The molecule has 0 aliphatic carbocycles. The second kappa shape index (κ2) is 5.13. The molecule has 0 spiro atoms. The van der Waals surface area contributed by atoms with Crippen LogP contribution in [0.15, 0.2) is 48.8 Å². The molecule has 3 aromatic rings. The van der Waals surface area contributed by atoms with Crippen LogP contribution in [0.5, 0.6) is 0 Å². The third-order valence-electron chi connectivity index (χ3n) is 2.91. The first-order valence-corrected chi connectivity index (χ1v) is 6.37. The summed E-state index contributed by atoms with van der Waals surface area (Å²) in [4.78, 5) is 20.6. The highest BCUT2D eigenvalue weighted by Gasteiger charge is 2.08. The molecule has 0 fully saturated rings. The minimum Gasteiger partial charge on any atom is -0.310 e. The molecule has 5 heteroatoms. The van der Waals surface area contributed by atoms with Gasteiger partial charge in [0.2, 0.25) is 5.91 Å². The summed E-state index contributed by atoms with van der Waals surface area (Å²) in [5.41, 5.74) is 2.45. The van der Waals surface area contributed by atoms with Crippen LogP contribution in [-0.4, -0.2) is 20.3 Å². The largest absolute Gasteiger partial charge is 0.310 e. The fourth-order valence-electron chi connectivity index (χ4n) is 2.04. The number of hydrogen-bond donors (Lipinski definition) is 1. The monoisotopic (exact) mass is 266 g/mol. The average Bonchev–Trinajstić information content (AvgIpc) is 2.80. The molecule has 3 rings (SSSR count). The van der Waals surface area contributed by atoms with Crippen molar-refractivity contribution in [1.29, 1.82) is 0 Å². The number of hydrogen-bond acceptors (Lipinski definition) is 3. The summed E-state index contributed by atoms with van der Waals surface area (Å²) in [6.45, 7) is 1.89. The number of carbonyl (C=O) groups is 1. The molecule has 5 nitrogen and oxygen atoms in total. The lowest BCUT2D eigenvalue weighted by atomic mass is 10.3. The van der Waals surface area contributed by atoms with Gasteiger partial charge in [0.05, 0.1) is 12.1 Å². The van der Waals surface area contributed by atoms with Gasteiger partial charge >= 0.3 is 0 Å². The van der Waals surface area contributed by atoms with E-state index in [1.54, 1.807) is 6.07 Å². The van der Waals surface area contributed by atoms with Gasteiger partial charge in [-0.15, -0.1) is 0 Å². The lowest BCUT2D eigenvalue weighted by Gasteiger charge is -2.03. The van der Waals surface area contributed by atoms with Gasteiger partial charge < -0.3 is 9.72 Å². The number of nitrogens with zero attached hydrogens (tertiary/aromatic N) is 3. The standard InChI is InChI=1S/C15H14N4O/c1-11-5-4-6-13(16-11)18-15(20)9-12-10-19-8-3-2-7-14(19)17-12/h2-8,10H,9H2,1H3,(H,16,18,20). The molecule has 0 bridgehead atoms. The fourth-order valence-corrected chi connectivity index (χ4v) is 2.04. The Hall–Kier alpha value is -2.69. The van der Waals surface area contributed by atoms with E-state index in [-0.39, 0.29) is 12.3 Å². The van der Waals surface area contributed by atoms with Crippen LogP contribution in [-0.2, 0) is 11.2 Å². The number of pyridine rings is 2. The number of carbonyl (C=O) groups excluding carboxylic acids is 1. The van der Waals surface area contributed by atoms with Crippen LogP contribution in [0.25, 0.3) is 5.65 Å². The number of rotatable bonds is 3. The third-order valence-corrected chi connectivity index (χ3v) is 2.91. The Morgan fingerprint density at radius 3 is 2.90 bits per heavy atom. The van der Waals surface area contributed by atoms with Gasteiger partial charge in [-0.05, 0) is 31.2 Å². The van der Waals surface area contributed by atoms with Crippen LogP contribution >= 0.6 is 0 Å². The summed E-state index contributed by atoms with van der Waals surface area (Å²) in [6.07, 6.45) is 4.00. The highest BCUT2D eigenvalue weighted by molar-refractivity contribution is 5.91. The van der Waals surface area contributed by atoms with E-state index in [0.717, 1.165) is 17.0 Å². The molecular weight excluding hydrogens is 252 g/mol. The number of aromatic nitrogens is 3. The van der Waals surface area contributed by atoms with E-state index in [4.69, 9.17) is 0 Å². The molecular formula is C15H14N4O. The van der Waals surface area contributed by atoms with Gasteiger partial charge in [0.1, 0.15) is 11.5 Å². The lowest BCUT2D eigenvalue weighted by Crippen LogP contribution is -2.15. The van der Waals surface area contributed by atoms with Gasteiger partial charge in [-0.2, -0.15) is 0 Å². The minimum atomic E-state index is -0.119. The van der Waals surface area contributed by atoms with Gasteiger partial charge in [0, 0.05) is 18.1 Å². The van der Waals surface area contributed by atoms with E-state index in [1.807, 2.05) is 54.0 Å². The molecule has 0 radical (unpaired) electrons. The molecule has 3 heterocycles. The van der Waals surface area contributed by atoms with Crippen LogP contribution in [0.3, 0.4) is 0 Å². The van der Waals surface area contributed by atoms with E-state index in [9.17, 15) is 4.79 Å². The van der Waals surface area contributed by atoms with Crippen molar-refractivity contribution in [2.24, 2.45) is 0 Å². The Kier molecular flexibility index (Phi) is 3.16. The molecule has 1 amide bonds. The van der Waals surface area contributed by atoms with Crippen molar-refractivity contribution < 1.29 is 4.79 Å². The van der Waals surface area contributed by atoms with Gasteiger partial charge in [-0.3, -0.25) is 4.79 Å². The Morgan fingerprint density at radius 1 is 1.20 bits per heavy atom. The first-order valence-electron chi connectivity index (χ1n) is 6.37. The van der Waals surface area contributed by atoms with E-state index >= 15 is 0 Å². The number of nitrogens with one attached hydrogen (secondary N) is 1. The quantitative estimate of drug-likeness (QED) is 0.790. The Labute approximate surface area is 116 Å². The Morgan fingerprint density at radius 2 is 2.10 bits per heavy atom. The predicted octanol–water partition coefficient (Wildman–Crippen LogP) is 2.22. The lowest BCUT2D eigenvalue weighted by molar-refractivity contribution is -0.115. The molecule has 1 N–H and O–H groups in total. The van der Waals surface area contributed by atoms with Crippen molar-refractivity contribution in [2.45, 2.75) is 13.3 Å². The third kappa shape index (κ3) is 2.66. The van der Waals surface area contributed by atoms with Crippen molar-refractivity contribution in [3.63, 3.8) is 0 Å². The van der Waals surface area contributed by atoms with Crippen LogP contribution in [0.1, 0.15) is 11.4 Å². The maximum atomic E-state index is 12.0. The molecule has 0 aromatic carbocycles. The maximum Gasteiger partial charge on any atom is 0.231 e. The number of amides is 1. The average molecular weight is 266 g/mol. The summed E-state index contributed by atoms with van der Waals surface area (Å²) in [5.74, 6) is 0.449. The van der Waals surface area contributed by atoms with E-state index in [1.165, 1.54) is 0 Å². The van der Waals surface area contributed by atoms with E-state index in [0.29, 0.717) is 5.82 Å². The SMILES string of the molecule is Cc1cccc(NC(=O)Cc2cn3ccccc3n2)n1. The summed E-state index contributed by atoms with van der Waals surface area (Å²) in [5, 5.41) is 2.78. The van der Waals surface area contributed by atoms with Crippen molar-refractivity contribution in [2.75, 3.05) is 5.32 Å². The van der Waals surface area contributed by atoms with Gasteiger partial charge in [0.25, 0.3) is 0 Å². The molecule has 20 heavy (non-hydrogen) atoms. The predicted molar refractivity (Wildman–Crippen MR) is 76.5 cm³/mol. The number of fused-ring (bicyclic) bond motifs is 1. The summed E-state index contributed by atoms with van der Waals surface area (Å²) in [7, 11) is 0. The molecule has 0 atom stereocenters. The van der Waals surface area contributed by atoms with Gasteiger partial charge in [0.15, 0.2) is 0 Å². The first kappa shape index (κ1) is 12.3. The molecule has 0 saturated heterocycles. The van der Waals surface area contributed by atoms with Crippen molar-refractivity contribution >= 4 is 17.4 Å². The fraction of sp³-hybridized carbons (Fsp3) is 0.133.